The van der Waals surface area contributed by atoms with E-state index in [-0.39, 0.29) is 11.4 Å². The van der Waals surface area contributed by atoms with Gasteiger partial charge in [0.25, 0.3) is 0 Å². The van der Waals surface area contributed by atoms with Crippen LogP contribution in [0.5, 0.6) is 0 Å². The summed E-state index contributed by atoms with van der Waals surface area (Å²) in [4.78, 5) is 4.12. The molecule has 0 fully saturated rings. The summed E-state index contributed by atoms with van der Waals surface area (Å²) in [5, 5.41) is 21.9. The fourth-order valence-electron chi connectivity index (χ4n) is 3.06. The Kier molecular flexibility index (Phi) is 4.64. The molecule has 0 spiro atoms. The first-order chi connectivity index (χ1) is 14.4. The van der Waals surface area contributed by atoms with Crippen LogP contribution in [0.25, 0.3) is 22.2 Å². The molecule has 4 aromatic rings. The molecule has 0 aliphatic rings. The smallest absolute Gasteiger partial charge is 0.317 e. The number of nitrogen functional groups attached to an aromatic ring is 1. The van der Waals surface area contributed by atoms with E-state index in [1.807, 2.05) is 6.07 Å². The van der Waals surface area contributed by atoms with Gasteiger partial charge in [-0.25, -0.2) is 0 Å². The molecule has 3 N–H and O–H groups in total. The lowest BCUT2D eigenvalue weighted by atomic mass is 10.0. The Hall–Kier alpha value is -4.25. The first-order valence-corrected chi connectivity index (χ1v) is 8.92. The number of hydrogen-bond donors (Lipinski definition) is 2. The van der Waals surface area contributed by atoms with Gasteiger partial charge in [-0.3, -0.25) is 4.98 Å². The van der Waals surface area contributed by atoms with E-state index >= 15 is 8.78 Å². The highest BCUT2D eigenvalue weighted by Crippen LogP contribution is 2.30. The molecule has 0 saturated heterocycles. The topological polar surface area (TPSA) is 103 Å². The molecule has 8 heteroatoms. The van der Waals surface area contributed by atoms with E-state index < -0.39 is 11.8 Å². The Labute approximate surface area is 170 Å². The number of rotatable bonds is 3. The van der Waals surface area contributed by atoms with Gasteiger partial charge >= 0.3 is 11.8 Å². The molecule has 0 amide bonds. The third kappa shape index (κ3) is 3.33. The number of nitrogens with zero attached hydrogens (tertiary/aromatic N) is 4. The van der Waals surface area contributed by atoms with Crippen molar-refractivity contribution in [1.82, 2.24) is 10.1 Å². The van der Waals surface area contributed by atoms with Gasteiger partial charge in [-0.15, -0.1) is 9.78 Å². The van der Waals surface area contributed by atoms with Gasteiger partial charge in [-0.1, -0.05) is 24.3 Å². The maximum absolute atomic E-state index is 15.2. The molecule has 6 nitrogen and oxygen atoms in total. The average Bonchev–Trinajstić information content (AvgIpc) is 2.78. The number of aromatic nitrogens is 3. The molecule has 0 aliphatic carbocycles. The van der Waals surface area contributed by atoms with Crippen LogP contribution >= 0.6 is 0 Å². The molecule has 0 atom stereocenters. The number of nitrogens with two attached hydrogens (primary N) is 1. The minimum Gasteiger partial charge on any atom is -0.317 e. The Balaban J connectivity index is 1.76. The predicted octanol–water partition coefficient (Wildman–Crippen LogP) is 3.66. The van der Waals surface area contributed by atoms with Crippen molar-refractivity contribution in [1.29, 1.82) is 10.7 Å². The summed E-state index contributed by atoms with van der Waals surface area (Å²) in [7, 11) is 0. The Bertz CT molecular complexity index is 1330. The zero-order valence-corrected chi connectivity index (χ0v) is 15.6. The normalized spacial score (nSPS) is 11.2. The second kappa shape index (κ2) is 7.29. The van der Waals surface area contributed by atoms with Gasteiger partial charge < -0.3 is 5.73 Å². The summed E-state index contributed by atoms with van der Waals surface area (Å²) in [6, 6.07) is 18.9. The lowest BCUT2D eigenvalue weighted by molar-refractivity contribution is -0.616. The lowest BCUT2D eigenvalue weighted by Gasteiger charge is -2.16. The number of nitriles is 1. The van der Waals surface area contributed by atoms with E-state index in [2.05, 4.69) is 10.1 Å². The molecule has 0 unspecified atom stereocenters. The van der Waals surface area contributed by atoms with Crippen molar-refractivity contribution in [2.75, 3.05) is 5.73 Å². The lowest BCUT2D eigenvalue weighted by Crippen LogP contribution is -2.55. The second-order valence-electron chi connectivity index (χ2n) is 6.58. The van der Waals surface area contributed by atoms with Crippen LogP contribution in [0.2, 0.25) is 0 Å². The van der Waals surface area contributed by atoms with Crippen LogP contribution < -0.4 is 10.4 Å². The van der Waals surface area contributed by atoms with Gasteiger partial charge in [0.15, 0.2) is 0 Å². The molecule has 0 radical (unpaired) electrons. The van der Waals surface area contributed by atoms with Gasteiger partial charge in [-0.2, -0.15) is 19.5 Å². The highest BCUT2D eigenvalue weighted by Gasteiger charge is 2.44. The van der Waals surface area contributed by atoms with Crippen molar-refractivity contribution >= 4 is 22.6 Å². The van der Waals surface area contributed by atoms with E-state index in [9.17, 15) is 0 Å². The largest absolute Gasteiger partial charge is 0.361 e. The van der Waals surface area contributed by atoms with E-state index in [0.29, 0.717) is 32.4 Å². The SMILES string of the molecule is N#Cc1cccc(-c2ccc(N)[n+](C(=N)C(F)(F)c3ccc4ncccc4c3)n2)c1. The van der Waals surface area contributed by atoms with Crippen molar-refractivity contribution in [2.24, 2.45) is 0 Å². The number of benzene rings is 2. The quantitative estimate of drug-likeness (QED) is 0.311. The fourth-order valence-corrected chi connectivity index (χ4v) is 3.06. The molecule has 2 aromatic heterocycles. The van der Waals surface area contributed by atoms with Crippen LogP contribution in [-0.4, -0.2) is 15.9 Å². The van der Waals surface area contributed by atoms with Gasteiger partial charge in [0.2, 0.25) is 5.82 Å². The molecule has 146 valence electrons. The Morgan fingerprint density at radius 1 is 1.07 bits per heavy atom. The highest BCUT2D eigenvalue weighted by molar-refractivity contribution is 5.84. The van der Waals surface area contributed by atoms with Crippen LogP contribution in [0.15, 0.2) is 72.9 Å². The molecule has 0 saturated carbocycles. The molecular formula is C22H15F2N6+. The minimum atomic E-state index is -3.65. The molecule has 30 heavy (non-hydrogen) atoms. The second-order valence-corrected chi connectivity index (χ2v) is 6.58. The van der Waals surface area contributed by atoms with Crippen molar-refractivity contribution in [3.63, 3.8) is 0 Å². The molecule has 0 aliphatic heterocycles. The van der Waals surface area contributed by atoms with Crippen molar-refractivity contribution in [3.05, 3.63) is 84.1 Å². The van der Waals surface area contributed by atoms with Crippen molar-refractivity contribution < 1.29 is 13.5 Å². The number of nitrogens with one attached hydrogen (secondary N) is 1. The van der Waals surface area contributed by atoms with Gasteiger partial charge in [0.05, 0.1) is 17.1 Å². The average molecular weight is 401 g/mol. The maximum atomic E-state index is 15.2. The van der Waals surface area contributed by atoms with E-state index in [1.54, 1.807) is 48.7 Å². The minimum absolute atomic E-state index is 0.109. The summed E-state index contributed by atoms with van der Waals surface area (Å²) in [5.74, 6) is -4.84. The molecule has 2 aromatic carbocycles. The predicted molar refractivity (Wildman–Crippen MR) is 108 cm³/mol. The van der Waals surface area contributed by atoms with Crippen molar-refractivity contribution in [3.8, 4) is 17.3 Å². The van der Waals surface area contributed by atoms with Gasteiger partial charge in [0.1, 0.15) is 5.69 Å². The summed E-state index contributed by atoms with van der Waals surface area (Å²) in [5.41, 5.74) is 7.34. The highest BCUT2D eigenvalue weighted by atomic mass is 19.3. The first-order valence-electron chi connectivity index (χ1n) is 8.92. The number of pyridine rings is 1. The number of alkyl halides is 2. The number of hydrogen-bond acceptors (Lipinski definition) is 5. The summed E-state index contributed by atoms with van der Waals surface area (Å²) in [6.45, 7) is 0. The number of fused-ring (bicyclic) bond motifs is 1. The van der Waals surface area contributed by atoms with Crippen LogP contribution in [-0.2, 0) is 5.92 Å². The molecule has 0 bridgehead atoms. The molecular weight excluding hydrogens is 386 g/mol. The summed E-state index contributed by atoms with van der Waals surface area (Å²) >= 11 is 0. The molecule has 4 rings (SSSR count). The Morgan fingerprint density at radius 3 is 2.70 bits per heavy atom. The van der Waals surface area contributed by atoms with E-state index in [1.165, 1.54) is 24.3 Å². The number of anilines is 1. The first kappa shape index (κ1) is 19.1. The zero-order chi connectivity index (χ0) is 21.3. The van der Waals surface area contributed by atoms with Gasteiger partial charge in [-0.05, 0) is 36.4 Å². The fraction of sp³-hybridized carbons (Fsp3) is 0.0455. The van der Waals surface area contributed by atoms with Gasteiger partial charge in [0, 0.05) is 28.8 Å². The van der Waals surface area contributed by atoms with E-state index in [4.69, 9.17) is 16.4 Å². The van der Waals surface area contributed by atoms with Crippen LogP contribution in [0.3, 0.4) is 0 Å². The van der Waals surface area contributed by atoms with E-state index in [0.717, 1.165) is 0 Å². The molecule has 2 heterocycles. The Morgan fingerprint density at radius 2 is 1.90 bits per heavy atom. The third-order valence-corrected chi connectivity index (χ3v) is 4.63. The van der Waals surface area contributed by atoms with Crippen molar-refractivity contribution in [2.45, 2.75) is 5.92 Å². The monoisotopic (exact) mass is 401 g/mol. The summed E-state index contributed by atoms with van der Waals surface area (Å²) < 4.78 is 31.1. The van der Waals surface area contributed by atoms with Crippen LogP contribution in [0.1, 0.15) is 11.1 Å². The maximum Gasteiger partial charge on any atom is 0.361 e. The van der Waals surface area contributed by atoms with Crippen LogP contribution in [0, 0.1) is 16.7 Å². The third-order valence-electron chi connectivity index (χ3n) is 4.63. The van der Waals surface area contributed by atoms with Crippen LogP contribution in [0.4, 0.5) is 14.6 Å². The standard InChI is InChI=1S/C22H14F2N6/c23-22(24,17-6-7-18-16(12-17)5-2-10-28-18)21(27)30-20(26)9-8-19(29-30)15-4-1-3-14(11-15)13-25/h1-12,26-27H/p+1. The summed E-state index contributed by atoms with van der Waals surface area (Å²) in [6.07, 6.45) is 1.58. The zero-order valence-electron chi connectivity index (χ0n) is 15.6. The number of halogens is 2.